The molecule has 2 aromatic carbocycles. The van der Waals surface area contributed by atoms with E-state index >= 15 is 0 Å². The standard InChI is InChI=1S/C22H21Cl3N2S/c23-19-7-3-17(4-8-19)2-1-13-28-21(15-27-12-11-26-16-27)10-6-18-5-9-20(24)14-22(18)25/h1-5,7-9,11-12,14,16,21H,6,10,13,15H2. The maximum atomic E-state index is 6.33. The van der Waals surface area contributed by atoms with Crippen molar-refractivity contribution in [2.24, 2.45) is 0 Å². The summed E-state index contributed by atoms with van der Waals surface area (Å²) in [6.07, 6.45) is 12.0. The zero-order valence-corrected chi connectivity index (χ0v) is 18.4. The Bertz CT molecular complexity index is 893. The van der Waals surface area contributed by atoms with Crippen LogP contribution in [-0.2, 0) is 13.0 Å². The van der Waals surface area contributed by atoms with Gasteiger partial charge in [-0.05, 0) is 48.2 Å². The molecule has 0 aliphatic rings. The fraction of sp³-hybridized carbons (Fsp3) is 0.227. The highest BCUT2D eigenvalue weighted by Gasteiger charge is 2.11. The Morgan fingerprint density at radius 2 is 1.82 bits per heavy atom. The van der Waals surface area contributed by atoms with Crippen molar-refractivity contribution >= 4 is 52.6 Å². The number of rotatable bonds is 9. The number of hydrogen-bond acceptors (Lipinski definition) is 2. The molecule has 3 aromatic rings. The summed E-state index contributed by atoms with van der Waals surface area (Å²) in [5.41, 5.74) is 2.29. The normalized spacial score (nSPS) is 12.5. The van der Waals surface area contributed by atoms with Crippen LogP contribution in [0.2, 0.25) is 15.1 Å². The van der Waals surface area contributed by atoms with Gasteiger partial charge in [0, 0.05) is 45.0 Å². The van der Waals surface area contributed by atoms with Gasteiger partial charge in [-0.15, -0.1) is 0 Å². The Balaban J connectivity index is 1.57. The van der Waals surface area contributed by atoms with Crippen LogP contribution < -0.4 is 0 Å². The summed E-state index contributed by atoms with van der Waals surface area (Å²) >= 11 is 20.2. The number of aryl methyl sites for hydroxylation is 1. The zero-order chi connectivity index (χ0) is 19.8. The van der Waals surface area contributed by atoms with E-state index in [9.17, 15) is 0 Å². The van der Waals surface area contributed by atoms with Crippen molar-refractivity contribution < 1.29 is 0 Å². The van der Waals surface area contributed by atoms with Crippen LogP contribution in [0.1, 0.15) is 17.5 Å². The van der Waals surface area contributed by atoms with Gasteiger partial charge in [0.2, 0.25) is 0 Å². The monoisotopic (exact) mass is 450 g/mol. The second-order valence-electron chi connectivity index (χ2n) is 6.44. The van der Waals surface area contributed by atoms with Gasteiger partial charge in [-0.25, -0.2) is 4.98 Å². The maximum Gasteiger partial charge on any atom is 0.0946 e. The molecule has 1 atom stereocenters. The van der Waals surface area contributed by atoms with Crippen molar-refractivity contribution in [1.29, 1.82) is 0 Å². The van der Waals surface area contributed by atoms with Gasteiger partial charge in [0.05, 0.1) is 6.33 Å². The average Bonchev–Trinajstić information content (AvgIpc) is 3.18. The third kappa shape index (κ3) is 6.89. The first-order valence-corrected chi connectivity index (χ1v) is 11.2. The lowest BCUT2D eigenvalue weighted by molar-refractivity contribution is 0.624. The maximum absolute atomic E-state index is 6.33. The fourth-order valence-corrected chi connectivity index (χ4v) is 4.52. The number of benzene rings is 2. The molecule has 0 spiro atoms. The predicted molar refractivity (Wildman–Crippen MR) is 124 cm³/mol. The van der Waals surface area contributed by atoms with Gasteiger partial charge < -0.3 is 4.57 Å². The van der Waals surface area contributed by atoms with Gasteiger partial charge in [-0.1, -0.05) is 65.2 Å². The molecule has 0 aliphatic carbocycles. The minimum Gasteiger partial charge on any atom is -0.336 e. The van der Waals surface area contributed by atoms with Gasteiger partial charge in [-0.2, -0.15) is 11.8 Å². The third-order valence-electron chi connectivity index (χ3n) is 4.33. The van der Waals surface area contributed by atoms with Crippen molar-refractivity contribution in [3.8, 4) is 0 Å². The van der Waals surface area contributed by atoms with Crippen LogP contribution in [0.3, 0.4) is 0 Å². The Labute approximate surface area is 185 Å². The van der Waals surface area contributed by atoms with Crippen LogP contribution in [0.15, 0.2) is 67.3 Å². The Morgan fingerprint density at radius 1 is 1.04 bits per heavy atom. The summed E-state index contributed by atoms with van der Waals surface area (Å²) in [7, 11) is 0. The molecule has 1 aromatic heterocycles. The molecule has 0 radical (unpaired) electrons. The zero-order valence-electron chi connectivity index (χ0n) is 15.3. The van der Waals surface area contributed by atoms with E-state index < -0.39 is 0 Å². The lowest BCUT2D eigenvalue weighted by Crippen LogP contribution is -2.13. The third-order valence-corrected chi connectivity index (χ3v) is 6.41. The van der Waals surface area contributed by atoms with Crippen LogP contribution in [0.5, 0.6) is 0 Å². The summed E-state index contributed by atoms with van der Waals surface area (Å²) in [4.78, 5) is 4.15. The molecule has 0 amide bonds. The second kappa shape index (κ2) is 11.0. The van der Waals surface area contributed by atoms with E-state index in [2.05, 4.69) is 21.7 Å². The molecule has 0 saturated carbocycles. The predicted octanol–water partition coefficient (Wildman–Crippen LogP) is 7.29. The fourth-order valence-electron chi connectivity index (χ4n) is 2.85. The Kier molecular flexibility index (Phi) is 8.35. The molecule has 0 aliphatic heterocycles. The topological polar surface area (TPSA) is 17.8 Å². The SMILES string of the molecule is Clc1ccc(C=CCSC(CCc2ccc(Cl)cc2Cl)Cn2ccnc2)cc1. The summed E-state index contributed by atoms with van der Waals surface area (Å²) < 4.78 is 2.13. The average molecular weight is 452 g/mol. The smallest absolute Gasteiger partial charge is 0.0946 e. The van der Waals surface area contributed by atoms with Crippen LogP contribution >= 0.6 is 46.6 Å². The number of imidazole rings is 1. The molecule has 146 valence electrons. The lowest BCUT2D eigenvalue weighted by atomic mass is 10.1. The molecule has 0 fully saturated rings. The molecule has 0 N–H and O–H groups in total. The highest BCUT2D eigenvalue weighted by atomic mass is 35.5. The van der Waals surface area contributed by atoms with E-state index in [0.29, 0.717) is 10.3 Å². The van der Waals surface area contributed by atoms with Gasteiger partial charge >= 0.3 is 0 Å². The van der Waals surface area contributed by atoms with Crippen molar-refractivity contribution in [2.75, 3.05) is 5.75 Å². The van der Waals surface area contributed by atoms with Crippen molar-refractivity contribution in [2.45, 2.75) is 24.6 Å². The Morgan fingerprint density at radius 3 is 2.54 bits per heavy atom. The first-order chi connectivity index (χ1) is 13.6. The molecule has 28 heavy (non-hydrogen) atoms. The summed E-state index contributed by atoms with van der Waals surface area (Å²) in [5.74, 6) is 0.941. The molecule has 2 nitrogen and oxygen atoms in total. The van der Waals surface area contributed by atoms with E-state index in [4.69, 9.17) is 34.8 Å². The molecular weight excluding hydrogens is 431 g/mol. The molecule has 6 heteroatoms. The number of aromatic nitrogens is 2. The molecule has 3 rings (SSSR count). The number of halogens is 3. The minimum atomic E-state index is 0.454. The van der Waals surface area contributed by atoms with Crippen LogP contribution in [-0.4, -0.2) is 20.6 Å². The summed E-state index contributed by atoms with van der Waals surface area (Å²) in [6.45, 7) is 0.921. The molecule has 1 unspecified atom stereocenters. The molecule has 1 heterocycles. The van der Waals surface area contributed by atoms with E-state index in [1.807, 2.05) is 72.9 Å². The number of thioether (sulfide) groups is 1. The van der Waals surface area contributed by atoms with Crippen LogP contribution in [0, 0.1) is 0 Å². The number of nitrogens with zero attached hydrogens (tertiary/aromatic N) is 2. The van der Waals surface area contributed by atoms with E-state index in [0.717, 1.165) is 46.3 Å². The van der Waals surface area contributed by atoms with Crippen molar-refractivity contribution in [1.82, 2.24) is 9.55 Å². The quantitative estimate of drug-likeness (QED) is 0.340. The van der Waals surface area contributed by atoms with E-state index in [1.165, 1.54) is 0 Å². The van der Waals surface area contributed by atoms with Gasteiger partial charge in [-0.3, -0.25) is 0 Å². The van der Waals surface area contributed by atoms with Gasteiger partial charge in [0.1, 0.15) is 0 Å². The van der Waals surface area contributed by atoms with Crippen LogP contribution in [0.4, 0.5) is 0 Å². The van der Waals surface area contributed by atoms with Gasteiger partial charge in [0.25, 0.3) is 0 Å². The molecule has 0 saturated heterocycles. The van der Waals surface area contributed by atoms with E-state index in [1.54, 1.807) is 0 Å². The molecule has 0 bridgehead atoms. The van der Waals surface area contributed by atoms with Crippen molar-refractivity contribution in [3.05, 3.63) is 93.5 Å². The lowest BCUT2D eigenvalue weighted by Gasteiger charge is -2.17. The van der Waals surface area contributed by atoms with Crippen molar-refractivity contribution in [3.63, 3.8) is 0 Å². The first kappa shape index (κ1) is 21.3. The first-order valence-electron chi connectivity index (χ1n) is 9.03. The van der Waals surface area contributed by atoms with Crippen LogP contribution in [0.25, 0.3) is 6.08 Å². The Hall–Kier alpha value is -1.39. The summed E-state index contributed by atoms with van der Waals surface area (Å²) in [6, 6.07) is 13.6. The summed E-state index contributed by atoms with van der Waals surface area (Å²) in [5, 5.41) is 2.62. The second-order valence-corrected chi connectivity index (χ2v) is 9.06. The molecular formula is C22H21Cl3N2S. The van der Waals surface area contributed by atoms with Gasteiger partial charge in [0.15, 0.2) is 0 Å². The van der Waals surface area contributed by atoms with E-state index in [-0.39, 0.29) is 0 Å². The largest absolute Gasteiger partial charge is 0.336 e. The highest BCUT2D eigenvalue weighted by molar-refractivity contribution is 8.00. The number of hydrogen-bond donors (Lipinski definition) is 0. The highest BCUT2D eigenvalue weighted by Crippen LogP contribution is 2.25. The minimum absolute atomic E-state index is 0.454.